The third-order valence-electron chi connectivity index (χ3n) is 1.65. The first-order chi connectivity index (χ1) is 7.26. The van der Waals surface area contributed by atoms with Gasteiger partial charge in [0.15, 0.2) is 4.32 Å². The van der Waals surface area contributed by atoms with Crippen molar-refractivity contribution in [2.75, 3.05) is 13.4 Å². The normalized spacial score (nSPS) is 10.3. The Morgan fingerprint density at radius 1 is 1.60 bits per heavy atom. The van der Waals surface area contributed by atoms with Crippen LogP contribution >= 0.6 is 24.0 Å². The van der Waals surface area contributed by atoms with Crippen LogP contribution in [0.25, 0.3) is 0 Å². The highest BCUT2D eigenvalue weighted by Gasteiger charge is 1.92. The van der Waals surface area contributed by atoms with E-state index in [9.17, 15) is 0 Å². The van der Waals surface area contributed by atoms with Crippen molar-refractivity contribution in [3.63, 3.8) is 0 Å². The van der Waals surface area contributed by atoms with E-state index < -0.39 is 0 Å². The van der Waals surface area contributed by atoms with Crippen LogP contribution in [-0.4, -0.2) is 23.9 Å². The Balaban J connectivity index is 2.59. The molecule has 80 valence electrons. The molecule has 0 radical (unpaired) electrons. The van der Waals surface area contributed by atoms with Gasteiger partial charge < -0.3 is 4.74 Å². The van der Waals surface area contributed by atoms with Crippen molar-refractivity contribution in [2.24, 2.45) is 5.10 Å². The van der Waals surface area contributed by atoms with Gasteiger partial charge in [0.2, 0.25) is 0 Å². The van der Waals surface area contributed by atoms with Gasteiger partial charge in [0, 0.05) is 0 Å². The van der Waals surface area contributed by atoms with Gasteiger partial charge in [0.05, 0.1) is 13.3 Å². The summed E-state index contributed by atoms with van der Waals surface area (Å²) in [6, 6.07) is 7.63. The van der Waals surface area contributed by atoms with E-state index in [0.29, 0.717) is 4.32 Å². The molecule has 0 heterocycles. The number of hydrogen-bond donors (Lipinski definition) is 1. The number of benzene rings is 1. The largest absolute Gasteiger partial charge is 0.497 e. The molecule has 0 saturated heterocycles. The zero-order valence-corrected chi connectivity index (χ0v) is 10.2. The molecule has 1 N–H and O–H groups in total. The minimum absolute atomic E-state index is 0.647. The van der Waals surface area contributed by atoms with Crippen LogP contribution in [0.4, 0.5) is 0 Å². The molecule has 1 aromatic rings. The zero-order valence-electron chi connectivity index (χ0n) is 8.56. The number of nitrogens with one attached hydrogen (secondary N) is 1. The molecule has 0 fully saturated rings. The first-order valence-electron chi connectivity index (χ1n) is 4.27. The summed E-state index contributed by atoms with van der Waals surface area (Å²) in [5.74, 6) is 0.811. The molecule has 0 spiro atoms. The van der Waals surface area contributed by atoms with Gasteiger partial charge in [-0.05, 0) is 24.0 Å². The maximum Gasteiger partial charge on any atom is 0.153 e. The van der Waals surface area contributed by atoms with Crippen molar-refractivity contribution in [1.82, 2.24) is 5.43 Å². The molecule has 15 heavy (non-hydrogen) atoms. The van der Waals surface area contributed by atoms with E-state index in [1.54, 1.807) is 13.3 Å². The summed E-state index contributed by atoms with van der Waals surface area (Å²) in [6.07, 6.45) is 3.60. The average molecular weight is 240 g/mol. The Hall–Kier alpha value is -1.07. The van der Waals surface area contributed by atoms with Gasteiger partial charge in [-0.1, -0.05) is 36.1 Å². The summed E-state index contributed by atoms with van der Waals surface area (Å²) >= 11 is 6.38. The Morgan fingerprint density at radius 3 is 3.07 bits per heavy atom. The Kier molecular flexibility index (Phi) is 5.14. The molecule has 0 atom stereocenters. The van der Waals surface area contributed by atoms with Gasteiger partial charge in [-0.3, -0.25) is 5.43 Å². The van der Waals surface area contributed by atoms with Crippen LogP contribution in [0.1, 0.15) is 5.56 Å². The van der Waals surface area contributed by atoms with Gasteiger partial charge in [0.1, 0.15) is 5.75 Å². The molecular weight excluding hydrogens is 228 g/mol. The van der Waals surface area contributed by atoms with E-state index in [2.05, 4.69) is 10.5 Å². The van der Waals surface area contributed by atoms with Crippen LogP contribution in [0.5, 0.6) is 5.75 Å². The van der Waals surface area contributed by atoms with E-state index in [0.717, 1.165) is 11.3 Å². The fraction of sp³-hybridized carbons (Fsp3) is 0.200. The highest BCUT2D eigenvalue weighted by atomic mass is 32.2. The van der Waals surface area contributed by atoms with Crippen LogP contribution in [0.15, 0.2) is 29.4 Å². The lowest BCUT2D eigenvalue weighted by molar-refractivity contribution is 0.415. The second kappa shape index (κ2) is 6.42. The second-order valence-corrected chi connectivity index (χ2v) is 4.12. The minimum Gasteiger partial charge on any atom is -0.497 e. The van der Waals surface area contributed by atoms with Crippen LogP contribution < -0.4 is 10.2 Å². The van der Waals surface area contributed by atoms with Crippen LogP contribution in [0.2, 0.25) is 0 Å². The molecule has 0 saturated carbocycles. The van der Waals surface area contributed by atoms with E-state index in [1.165, 1.54) is 11.8 Å². The maximum absolute atomic E-state index is 5.09. The number of hydrogen-bond acceptors (Lipinski definition) is 4. The predicted molar refractivity (Wildman–Crippen MR) is 69.8 cm³/mol. The topological polar surface area (TPSA) is 33.6 Å². The molecular formula is C10H12N2OS2. The molecule has 0 aromatic heterocycles. The molecule has 3 nitrogen and oxygen atoms in total. The first kappa shape index (κ1) is 12.0. The van der Waals surface area contributed by atoms with Gasteiger partial charge >= 0.3 is 0 Å². The molecule has 0 aliphatic heterocycles. The zero-order chi connectivity index (χ0) is 11.1. The molecule has 0 unspecified atom stereocenters. The van der Waals surface area contributed by atoms with E-state index in [4.69, 9.17) is 17.0 Å². The van der Waals surface area contributed by atoms with Gasteiger partial charge in [-0.25, -0.2) is 0 Å². The summed E-state index contributed by atoms with van der Waals surface area (Å²) in [4.78, 5) is 0. The quantitative estimate of drug-likeness (QED) is 0.499. The molecule has 5 heteroatoms. The smallest absolute Gasteiger partial charge is 0.153 e. The number of ether oxygens (including phenoxy) is 1. The summed E-state index contributed by atoms with van der Waals surface area (Å²) in [5.41, 5.74) is 3.70. The molecule has 0 aliphatic rings. The molecule has 1 aromatic carbocycles. The van der Waals surface area contributed by atoms with Crippen molar-refractivity contribution in [3.05, 3.63) is 29.8 Å². The van der Waals surface area contributed by atoms with Crippen LogP contribution in [-0.2, 0) is 0 Å². The number of hydrazone groups is 1. The van der Waals surface area contributed by atoms with E-state index in [1.807, 2.05) is 30.5 Å². The molecule has 0 bridgehead atoms. The number of nitrogens with zero attached hydrogens (tertiary/aromatic N) is 1. The Morgan fingerprint density at radius 2 is 2.40 bits per heavy atom. The lowest BCUT2D eigenvalue weighted by atomic mass is 10.2. The number of rotatable bonds is 3. The molecule has 0 aliphatic carbocycles. The Bertz CT molecular complexity index is 366. The number of thioether (sulfide) groups is 1. The third kappa shape index (κ3) is 4.31. The van der Waals surface area contributed by atoms with Crippen molar-refractivity contribution in [3.8, 4) is 5.75 Å². The monoisotopic (exact) mass is 240 g/mol. The summed E-state index contributed by atoms with van der Waals surface area (Å²) in [7, 11) is 1.64. The van der Waals surface area contributed by atoms with Gasteiger partial charge in [0.25, 0.3) is 0 Å². The second-order valence-electron chi connectivity index (χ2n) is 2.64. The highest BCUT2D eigenvalue weighted by Crippen LogP contribution is 2.10. The fourth-order valence-electron chi connectivity index (χ4n) is 0.927. The minimum atomic E-state index is 0.647. The SMILES string of the molecule is COc1cccc(/C=N/NC(=S)SC)c1. The van der Waals surface area contributed by atoms with Crippen LogP contribution in [0.3, 0.4) is 0 Å². The summed E-state index contributed by atoms with van der Waals surface area (Å²) < 4.78 is 5.74. The fourth-order valence-corrected chi connectivity index (χ4v) is 1.12. The van der Waals surface area contributed by atoms with Gasteiger partial charge in [-0.15, -0.1) is 0 Å². The average Bonchev–Trinajstić information content (AvgIpc) is 2.29. The molecule has 1 rings (SSSR count). The first-order valence-corrected chi connectivity index (χ1v) is 5.90. The highest BCUT2D eigenvalue weighted by molar-refractivity contribution is 8.22. The lowest BCUT2D eigenvalue weighted by Crippen LogP contribution is -2.10. The van der Waals surface area contributed by atoms with Crippen molar-refractivity contribution in [1.29, 1.82) is 0 Å². The maximum atomic E-state index is 5.09. The lowest BCUT2D eigenvalue weighted by Gasteiger charge is -2.00. The standard InChI is InChI=1S/C10H12N2OS2/c1-13-9-5-3-4-8(6-9)7-11-12-10(14)15-2/h3-7H,1-2H3,(H,12,14)/b11-7+. The third-order valence-corrected chi connectivity index (χ3v) is 2.70. The summed E-state index contributed by atoms with van der Waals surface area (Å²) in [5, 5.41) is 4.00. The molecule has 0 amide bonds. The Labute approximate surface area is 98.9 Å². The number of methoxy groups -OCH3 is 1. The number of thiocarbonyl (C=S) groups is 1. The summed E-state index contributed by atoms with van der Waals surface area (Å²) in [6.45, 7) is 0. The van der Waals surface area contributed by atoms with Gasteiger partial charge in [-0.2, -0.15) is 5.10 Å². The van der Waals surface area contributed by atoms with Crippen molar-refractivity contribution in [2.45, 2.75) is 0 Å². The van der Waals surface area contributed by atoms with Crippen LogP contribution in [0, 0.1) is 0 Å². The predicted octanol–water partition coefficient (Wildman–Crippen LogP) is 2.27. The van der Waals surface area contributed by atoms with E-state index >= 15 is 0 Å². The van der Waals surface area contributed by atoms with Crippen molar-refractivity contribution < 1.29 is 4.74 Å². The van der Waals surface area contributed by atoms with Crippen molar-refractivity contribution >= 4 is 34.5 Å². The van der Waals surface area contributed by atoms with E-state index in [-0.39, 0.29) is 0 Å².